The molecule has 0 saturated heterocycles. The van der Waals surface area contributed by atoms with E-state index in [1.807, 2.05) is 0 Å². The molecule has 0 atom stereocenters. The van der Waals surface area contributed by atoms with E-state index in [9.17, 15) is 14.7 Å². The Morgan fingerprint density at radius 2 is 1.67 bits per heavy atom. The van der Waals surface area contributed by atoms with Crippen LogP contribution in [0.25, 0.3) is 0 Å². The first-order valence-electron chi connectivity index (χ1n) is 4.38. The van der Waals surface area contributed by atoms with Gasteiger partial charge in [-0.05, 0) is 31.0 Å². The fourth-order valence-electron chi connectivity index (χ4n) is 1.40. The molecule has 1 aromatic carbocycles. The van der Waals surface area contributed by atoms with Crippen molar-refractivity contribution < 1.29 is 19.4 Å². The summed E-state index contributed by atoms with van der Waals surface area (Å²) in [4.78, 5) is 22.0. The summed E-state index contributed by atoms with van der Waals surface area (Å²) in [5, 5.41) is 10.7. The van der Waals surface area contributed by atoms with Gasteiger partial charge in [0.1, 0.15) is 0 Å². The second-order valence-corrected chi connectivity index (χ2v) is 3.26. The maximum atomic E-state index is 11.3. The van der Waals surface area contributed by atoms with Gasteiger partial charge in [-0.15, -0.1) is 0 Å². The number of hydrogen-bond donors (Lipinski definition) is 0. The van der Waals surface area contributed by atoms with E-state index in [1.54, 1.807) is 19.9 Å². The molecule has 0 amide bonds. The van der Waals surface area contributed by atoms with E-state index in [1.165, 1.54) is 13.2 Å². The van der Waals surface area contributed by atoms with E-state index in [2.05, 4.69) is 4.74 Å². The average molecular weight is 207 g/mol. The summed E-state index contributed by atoms with van der Waals surface area (Å²) >= 11 is 0. The number of methoxy groups -OCH3 is 1. The van der Waals surface area contributed by atoms with Gasteiger partial charge in [0.05, 0.1) is 18.6 Å². The van der Waals surface area contributed by atoms with Crippen LogP contribution in [0, 0.1) is 13.8 Å². The average Bonchev–Trinajstić information content (AvgIpc) is 2.16. The maximum absolute atomic E-state index is 11.3. The lowest BCUT2D eigenvalue weighted by Gasteiger charge is -2.11. The van der Waals surface area contributed by atoms with Crippen LogP contribution in [-0.2, 0) is 4.74 Å². The molecule has 1 rings (SSSR count). The van der Waals surface area contributed by atoms with Gasteiger partial charge in [-0.2, -0.15) is 0 Å². The lowest BCUT2D eigenvalue weighted by Crippen LogP contribution is -2.24. The van der Waals surface area contributed by atoms with Crippen LogP contribution >= 0.6 is 0 Å². The fraction of sp³-hybridized carbons (Fsp3) is 0.273. The van der Waals surface area contributed by atoms with Crippen molar-refractivity contribution in [1.82, 2.24) is 0 Å². The van der Waals surface area contributed by atoms with Crippen molar-refractivity contribution in [2.45, 2.75) is 13.8 Å². The predicted molar refractivity (Wildman–Crippen MR) is 51.6 cm³/mol. The van der Waals surface area contributed by atoms with Crippen molar-refractivity contribution >= 4 is 11.9 Å². The minimum Gasteiger partial charge on any atom is -0.545 e. The minimum atomic E-state index is -1.29. The highest BCUT2D eigenvalue weighted by atomic mass is 16.5. The quantitative estimate of drug-likeness (QED) is 0.660. The van der Waals surface area contributed by atoms with Crippen molar-refractivity contribution in [2.24, 2.45) is 0 Å². The maximum Gasteiger partial charge on any atom is 0.338 e. The third kappa shape index (κ3) is 2.15. The number of aryl methyl sites for hydroxylation is 2. The van der Waals surface area contributed by atoms with E-state index in [0.717, 1.165) is 0 Å². The summed E-state index contributed by atoms with van der Waals surface area (Å²) in [7, 11) is 1.25. The molecule has 1 aromatic rings. The smallest absolute Gasteiger partial charge is 0.338 e. The number of carboxylic acids is 1. The number of ether oxygens (including phenoxy) is 1. The summed E-state index contributed by atoms with van der Waals surface area (Å²) in [5.74, 6) is -1.84. The molecule has 0 aliphatic carbocycles. The van der Waals surface area contributed by atoms with E-state index in [0.29, 0.717) is 11.1 Å². The highest BCUT2D eigenvalue weighted by Gasteiger charge is 2.12. The number of benzene rings is 1. The van der Waals surface area contributed by atoms with Crippen molar-refractivity contribution in [3.8, 4) is 0 Å². The van der Waals surface area contributed by atoms with Gasteiger partial charge in [0.15, 0.2) is 0 Å². The van der Waals surface area contributed by atoms with E-state index < -0.39 is 11.9 Å². The molecule has 0 aliphatic rings. The fourth-order valence-corrected chi connectivity index (χ4v) is 1.40. The van der Waals surface area contributed by atoms with Crippen LogP contribution in [0.4, 0.5) is 0 Å². The normalized spacial score (nSPS) is 9.80. The lowest BCUT2D eigenvalue weighted by molar-refractivity contribution is -0.255. The molecule has 0 radical (unpaired) electrons. The van der Waals surface area contributed by atoms with Gasteiger partial charge in [0.25, 0.3) is 0 Å². The summed E-state index contributed by atoms with van der Waals surface area (Å²) in [6.07, 6.45) is 0. The Balaban J connectivity index is 3.36. The van der Waals surface area contributed by atoms with E-state index in [4.69, 9.17) is 0 Å². The SMILES string of the molecule is COC(=O)c1cc(C(=O)[O-])c(C)cc1C. The molecular weight excluding hydrogens is 196 g/mol. The molecular formula is C11H11O4-. The number of carbonyl (C=O) groups is 2. The van der Waals surface area contributed by atoms with E-state index >= 15 is 0 Å². The number of carboxylic acid groups (broad SMARTS) is 1. The third-order valence-corrected chi connectivity index (χ3v) is 2.20. The van der Waals surface area contributed by atoms with Crippen LogP contribution in [0.3, 0.4) is 0 Å². The Kier molecular flexibility index (Phi) is 3.09. The van der Waals surface area contributed by atoms with Gasteiger partial charge in [0, 0.05) is 5.56 Å². The number of esters is 1. The zero-order valence-electron chi connectivity index (χ0n) is 8.79. The Labute approximate surface area is 87.5 Å². The third-order valence-electron chi connectivity index (χ3n) is 2.20. The van der Waals surface area contributed by atoms with Crippen LogP contribution in [0.2, 0.25) is 0 Å². The molecule has 0 heterocycles. The van der Waals surface area contributed by atoms with Gasteiger partial charge in [-0.3, -0.25) is 0 Å². The molecule has 0 bridgehead atoms. The largest absolute Gasteiger partial charge is 0.545 e. The Hall–Kier alpha value is -1.84. The van der Waals surface area contributed by atoms with Crippen molar-refractivity contribution in [2.75, 3.05) is 7.11 Å². The molecule has 0 N–H and O–H groups in total. The van der Waals surface area contributed by atoms with Gasteiger partial charge in [-0.25, -0.2) is 4.79 Å². The number of carbonyl (C=O) groups excluding carboxylic acids is 2. The van der Waals surface area contributed by atoms with Crippen LogP contribution in [0.5, 0.6) is 0 Å². The summed E-state index contributed by atoms with van der Waals surface area (Å²) < 4.78 is 4.54. The van der Waals surface area contributed by atoms with Crippen molar-refractivity contribution in [3.05, 3.63) is 34.4 Å². The van der Waals surface area contributed by atoms with Crippen LogP contribution in [0.1, 0.15) is 31.8 Å². The number of aromatic carboxylic acids is 1. The molecule has 0 aromatic heterocycles. The Bertz CT molecular complexity index is 421. The number of rotatable bonds is 2. The zero-order valence-corrected chi connectivity index (χ0v) is 8.79. The van der Waals surface area contributed by atoms with Crippen LogP contribution in [0.15, 0.2) is 12.1 Å². The predicted octanol–water partition coefficient (Wildman–Crippen LogP) is 0.454. The highest BCUT2D eigenvalue weighted by Crippen LogP contribution is 2.16. The monoisotopic (exact) mass is 207 g/mol. The second-order valence-electron chi connectivity index (χ2n) is 3.26. The van der Waals surface area contributed by atoms with Crippen molar-refractivity contribution in [1.29, 1.82) is 0 Å². The highest BCUT2D eigenvalue weighted by molar-refractivity contribution is 5.96. The first-order chi connectivity index (χ1) is 6.97. The lowest BCUT2D eigenvalue weighted by atomic mass is 10.00. The van der Waals surface area contributed by atoms with E-state index in [-0.39, 0.29) is 11.1 Å². The molecule has 0 unspecified atom stereocenters. The summed E-state index contributed by atoms with van der Waals surface area (Å²) in [6, 6.07) is 2.91. The second kappa shape index (κ2) is 4.13. The van der Waals surface area contributed by atoms with Crippen molar-refractivity contribution in [3.63, 3.8) is 0 Å². The molecule has 4 nitrogen and oxygen atoms in total. The van der Waals surface area contributed by atoms with Crippen LogP contribution in [-0.4, -0.2) is 19.0 Å². The molecule has 80 valence electrons. The molecule has 4 heteroatoms. The Morgan fingerprint density at radius 3 is 2.13 bits per heavy atom. The van der Waals surface area contributed by atoms with Gasteiger partial charge < -0.3 is 14.6 Å². The van der Waals surface area contributed by atoms with Gasteiger partial charge in [0.2, 0.25) is 0 Å². The topological polar surface area (TPSA) is 66.4 Å². The number of hydrogen-bond acceptors (Lipinski definition) is 4. The molecule has 15 heavy (non-hydrogen) atoms. The molecule has 0 fully saturated rings. The first kappa shape index (κ1) is 11.2. The summed E-state index contributed by atoms with van der Waals surface area (Å²) in [6.45, 7) is 3.37. The first-order valence-corrected chi connectivity index (χ1v) is 4.38. The van der Waals surface area contributed by atoms with Gasteiger partial charge >= 0.3 is 5.97 Å². The molecule has 0 saturated carbocycles. The summed E-state index contributed by atoms with van der Waals surface area (Å²) in [5.41, 5.74) is 1.52. The van der Waals surface area contributed by atoms with Crippen LogP contribution < -0.4 is 5.11 Å². The standard InChI is InChI=1S/C11H12O4/c1-6-4-7(2)9(11(14)15-3)5-8(6)10(12)13/h4-5H,1-3H3,(H,12,13)/p-1. The zero-order chi connectivity index (χ0) is 11.6. The molecule has 0 spiro atoms. The Morgan fingerprint density at radius 1 is 1.13 bits per heavy atom. The minimum absolute atomic E-state index is 0.0148. The molecule has 0 aliphatic heterocycles. The van der Waals surface area contributed by atoms with Gasteiger partial charge in [-0.1, -0.05) is 6.07 Å².